The maximum atomic E-state index is 6.46. The maximum absolute atomic E-state index is 6.46. The summed E-state index contributed by atoms with van der Waals surface area (Å²) < 4.78 is 6.46. The molecule has 32 heavy (non-hydrogen) atoms. The maximum Gasteiger partial charge on any atom is 0.132 e. The molecule has 0 amide bonds. The molecule has 0 aliphatic rings. The average Bonchev–Trinajstić information content (AvgIpc) is 2.83. The lowest BCUT2D eigenvalue weighted by atomic mass is 9.84. The van der Waals surface area contributed by atoms with Gasteiger partial charge in [0.15, 0.2) is 0 Å². The van der Waals surface area contributed by atoms with Crippen molar-refractivity contribution in [3.8, 4) is 17.0 Å². The standard InChI is InChI=1S/C30H29NO/c1-22(24-15-9-6-10-16-24)27-19-12-20-28(31-27)25-17-11-18-26(30(2,3)4)29(25)32-21-23-13-7-5-8-14-23/h5-20H,1,21H2,2-4H3. The molecular formula is C30H29NO. The Labute approximate surface area is 191 Å². The van der Waals surface area contributed by atoms with Gasteiger partial charge in [-0.3, -0.25) is 0 Å². The van der Waals surface area contributed by atoms with Crippen LogP contribution in [0, 0.1) is 0 Å². The molecule has 4 aromatic rings. The first kappa shape index (κ1) is 21.6. The Bertz CT molecular complexity index is 1200. The van der Waals surface area contributed by atoms with E-state index < -0.39 is 0 Å². The van der Waals surface area contributed by atoms with Crippen LogP contribution >= 0.6 is 0 Å². The Hall–Kier alpha value is -3.65. The smallest absolute Gasteiger partial charge is 0.132 e. The summed E-state index contributed by atoms with van der Waals surface area (Å²) in [5.41, 5.74) is 6.97. The van der Waals surface area contributed by atoms with Gasteiger partial charge in [-0.1, -0.05) is 106 Å². The van der Waals surface area contributed by atoms with E-state index in [1.165, 1.54) is 5.56 Å². The van der Waals surface area contributed by atoms with Gasteiger partial charge in [0, 0.05) is 16.7 Å². The van der Waals surface area contributed by atoms with Crippen LogP contribution < -0.4 is 4.74 Å². The van der Waals surface area contributed by atoms with Crippen LogP contribution in [0.2, 0.25) is 0 Å². The minimum atomic E-state index is -0.0622. The third kappa shape index (κ3) is 4.81. The molecule has 0 saturated heterocycles. The number of hydrogen-bond acceptors (Lipinski definition) is 2. The second-order valence-electron chi connectivity index (χ2n) is 8.96. The lowest BCUT2D eigenvalue weighted by Crippen LogP contribution is -2.14. The first-order valence-electron chi connectivity index (χ1n) is 11.0. The van der Waals surface area contributed by atoms with Crippen molar-refractivity contribution in [2.24, 2.45) is 0 Å². The molecule has 160 valence electrons. The monoisotopic (exact) mass is 419 g/mol. The van der Waals surface area contributed by atoms with E-state index in [1.807, 2.05) is 54.6 Å². The van der Waals surface area contributed by atoms with Crippen LogP contribution in [0.4, 0.5) is 0 Å². The van der Waals surface area contributed by atoms with E-state index in [0.29, 0.717) is 6.61 Å². The number of rotatable bonds is 6. The molecule has 0 N–H and O–H groups in total. The van der Waals surface area contributed by atoms with Gasteiger partial charge in [0.1, 0.15) is 12.4 Å². The molecule has 0 unspecified atom stereocenters. The molecule has 0 spiro atoms. The predicted octanol–water partition coefficient (Wildman–Crippen LogP) is 7.69. The number of aromatic nitrogens is 1. The minimum Gasteiger partial charge on any atom is -0.488 e. The highest BCUT2D eigenvalue weighted by atomic mass is 16.5. The van der Waals surface area contributed by atoms with E-state index in [9.17, 15) is 0 Å². The Morgan fingerprint density at radius 2 is 1.44 bits per heavy atom. The summed E-state index contributed by atoms with van der Waals surface area (Å²) in [5.74, 6) is 0.888. The highest BCUT2D eigenvalue weighted by molar-refractivity contribution is 5.78. The molecule has 0 bridgehead atoms. The molecule has 0 aliphatic heterocycles. The summed E-state index contributed by atoms with van der Waals surface area (Å²) in [6, 6.07) is 32.9. The van der Waals surface area contributed by atoms with E-state index in [-0.39, 0.29) is 5.41 Å². The van der Waals surface area contributed by atoms with Crippen LogP contribution in [0.3, 0.4) is 0 Å². The van der Waals surface area contributed by atoms with Gasteiger partial charge in [0.2, 0.25) is 0 Å². The van der Waals surface area contributed by atoms with Crippen molar-refractivity contribution in [2.75, 3.05) is 0 Å². The lowest BCUT2D eigenvalue weighted by molar-refractivity contribution is 0.299. The van der Waals surface area contributed by atoms with Crippen LogP contribution in [0.5, 0.6) is 5.75 Å². The Morgan fingerprint density at radius 3 is 2.12 bits per heavy atom. The van der Waals surface area contributed by atoms with Crippen molar-refractivity contribution < 1.29 is 4.74 Å². The van der Waals surface area contributed by atoms with Gasteiger partial charge in [-0.25, -0.2) is 4.98 Å². The summed E-state index contributed by atoms with van der Waals surface area (Å²) in [6.07, 6.45) is 0. The van der Waals surface area contributed by atoms with Crippen molar-refractivity contribution >= 4 is 5.57 Å². The fourth-order valence-electron chi connectivity index (χ4n) is 3.75. The molecule has 0 fully saturated rings. The van der Waals surface area contributed by atoms with Crippen molar-refractivity contribution in [3.05, 3.63) is 126 Å². The van der Waals surface area contributed by atoms with E-state index in [0.717, 1.165) is 39.4 Å². The topological polar surface area (TPSA) is 22.1 Å². The quantitative estimate of drug-likeness (QED) is 0.320. The molecule has 3 aromatic carbocycles. The molecular weight excluding hydrogens is 390 g/mol. The zero-order valence-electron chi connectivity index (χ0n) is 19.0. The third-order valence-electron chi connectivity index (χ3n) is 5.51. The SMILES string of the molecule is C=C(c1ccccc1)c1cccc(-c2cccc(C(C)(C)C)c2OCc2ccccc2)n1. The van der Waals surface area contributed by atoms with Gasteiger partial charge in [0.05, 0.1) is 11.4 Å². The van der Waals surface area contributed by atoms with Crippen molar-refractivity contribution in [1.82, 2.24) is 4.98 Å². The Kier molecular flexibility index (Phi) is 6.23. The molecule has 2 heteroatoms. The van der Waals surface area contributed by atoms with Crippen molar-refractivity contribution in [2.45, 2.75) is 32.8 Å². The predicted molar refractivity (Wildman–Crippen MR) is 134 cm³/mol. The highest BCUT2D eigenvalue weighted by Crippen LogP contribution is 2.39. The molecule has 0 aliphatic carbocycles. The summed E-state index contributed by atoms with van der Waals surface area (Å²) in [5, 5.41) is 0. The number of para-hydroxylation sites is 1. The first-order valence-corrected chi connectivity index (χ1v) is 11.0. The van der Waals surface area contributed by atoms with E-state index in [2.05, 4.69) is 69.8 Å². The zero-order valence-corrected chi connectivity index (χ0v) is 19.0. The molecule has 4 rings (SSSR count). The van der Waals surface area contributed by atoms with Crippen LogP contribution in [-0.4, -0.2) is 4.98 Å². The number of nitrogens with zero attached hydrogens (tertiary/aromatic N) is 1. The number of hydrogen-bond donors (Lipinski definition) is 0. The minimum absolute atomic E-state index is 0.0622. The summed E-state index contributed by atoms with van der Waals surface area (Å²) in [6.45, 7) is 11.4. The first-order chi connectivity index (χ1) is 15.4. The van der Waals surface area contributed by atoms with Crippen molar-refractivity contribution in [3.63, 3.8) is 0 Å². The van der Waals surface area contributed by atoms with E-state index >= 15 is 0 Å². The normalized spacial score (nSPS) is 11.2. The van der Waals surface area contributed by atoms with Crippen LogP contribution in [0.15, 0.2) is 104 Å². The fraction of sp³-hybridized carbons (Fsp3) is 0.167. The second-order valence-corrected chi connectivity index (χ2v) is 8.96. The van der Waals surface area contributed by atoms with Crippen LogP contribution in [0.25, 0.3) is 16.8 Å². The molecule has 2 nitrogen and oxygen atoms in total. The van der Waals surface area contributed by atoms with Crippen molar-refractivity contribution in [1.29, 1.82) is 0 Å². The molecule has 1 aromatic heterocycles. The summed E-state index contributed by atoms with van der Waals surface area (Å²) >= 11 is 0. The Balaban J connectivity index is 1.75. The zero-order chi connectivity index (χ0) is 22.6. The van der Waals surface area contributed by atoms with Gasteiger partial charge < -0.3 is 4.74 Å². The largest absolute Gasteiger partial charge is 0.488 e. The lowest BCUT2D eigenvalue weighted by Gasteiger charge is -2.25. The van der Waals surface area contributed by atoms with E-state index in [4.69, 9.17) is 9.72 Å². The second kappa shape index (κ2) is 9.23. The van der Waals surface area contributed by atoms with Crippen LogP contribution in [-0.2, 0) is 12.0 Å². The number of ether oxygens (including phenoxy) is 1. The molecule has 0 atom stereocenters. The van der Waals surface area contributed by atoms with Gasteiger partial charge in [-0.2, -0.15) is 0 Å². The van der Waals surface area contributed by atoms with Gasteiger partial charge in [-0.05, 0) is 34.7 Å². The number of benzene rings is 3. The summed E-state index contributed by atoms with van der Waals surface area (Å²) in [7, 11) is 0. The highest BCUT2D eigenvalue weighted by Gasteiger charge is 2.23. The molecule has 1 heterocycles. The summed E-state index contributed by atoms with van der Waals surface area (Å²) in [4.78, 5) is 4.98. The average molecular weight is 420 g/mol. The Morgan fingerprint density at radius 1 is 0.781 bits per heavy atom. The molecule has 0 saturated carbocycles. The molecule has 0 radical (unpaired) electrons. The van der Waals surface area contributed by atoms with E-state index in [1.54, 1.807) is 0 Å². The third-order valence-corrected chi connectivity index (χ3v) is 5.51. The van der Waals surface area contributed by atoms with Crippen LogP contribution in [0.1, 0.15) is 43.2 Å². The number of pyridine rings is 1. The fourth-order valence-corrected chi connectivity index (χ4v) is 3.75. The van der Waals surface area contributed by atoms with Gasteiger partial charge in [-0.15, -0.1) is 0 Å². The van der Waals surface area contributed by atoms with Gasteiger partial charge >= 0.3 is 0 Å². The van der Waals surface area contributed by atoms with Gasteiger partial charge in [0.25, 0.3) is 0 Å².